The topological polar surface area (TPSA) is 62.6 Å². The second-order valence-electron chi connectivity index (χ2n) is 6.16. The molecule has 0 aromatic carbocycles. The van der Waals surface area contributed by atoms with Gasteiger partial charge >= 0.3 is 6.09 Å². The number of nitriles is 1. The van der Waals surface area contributed by atoms with E-state index in [9.17, 15) is 10.1 Å². The first kappa shape index (κ1) is 16.5. The van der Waals surface area contributed by atoms with E-state index in [0.29, 0.717) is 39.1 Å². The fourth-order valence-corrected chi connectivity index (χ4v) is 2.14. The number of carbonyl (C=O) groups excluding carboxylic acids is 1. The van der Waals surface area contributed by atoms with Crippen LogP contribution in [0.5, 0.6) is 0 Å². The molecule has 0 radical (unpaired) electrons. The minimum absolute atomic E-state index is 0.346. The molecule has 1 atom stereocenters. The monoisotopic (exact) mass is 280 g/mol. The fourth-order valence-electron chi connectivity index (χ4n) is 2.14. The number of hydrogen-bond donors (Lipinski definition) is 0. The summed E-state index contributed by atoms with van der Waals surface area (Å²) in [5.41, 5.74) is -1.03. The molecule has 1 rings (SSSR count). The van der Waals surface area contributed by atoms with E-state index in [4.69, 9.17) is 9.47 Å². The molecule has 5 heteroatoms. The summed E-state index contributed by atoms with van der Waals surface area (Å²) in [6.45, 7) is 11.0. The summed E-state index contributed by atoms with van der Waals surface area (Å²) in [5, 5.41) is 9.40. The summed E-state index contributed by atoms with van der Waals surface area (Å²) in [7, 11) is 0. The average Bonchev–Trinajstić information content (AvgIpc) is 2.78. The number of ether oxygens (including phenoxy) is 2. The Morgan fingerprint density at radius 2 is 2.25 bits per heavy atom. The quantitative estimate of drug-likeness (QED) is 0.574. The third-order valence-corrected chi connectivity index (χ3v) is 3.20. The van der Waals surface area contributed by atoms with Crippen molar-refractivity contribution in [1.29, 1.82) is 5.26 Å². The van der Waals surface area contributed by atoms with E-state index in [1.807, 2.05) is 20.8 Å². The van der Waals surface area contributed by atoms with Crippen LogP contribution < -0.4 is 0 Å². The van der Waals surface area contributed by atoms with E-state index in [1.54, 1.807) is 11.0 Å². The Bertz CT molecular complexity index is 395. The van der Waals surface area contributed by atoms with Gasteiger partial charge in [0.05, 0.1) is 18.1 Å². The maximum absolute atomic E-state index is 12.0. The lowest BCUT2D eigenvalue weighted by Crippen LogP contribution is -2.37. The van der Waals surface area contributed by atoms with Crippen molar-refractivity contribution in [3.05, 3.63) is 12.7 Å². The highest BCUT2D eigenvalue weighted by molar-refractivity contribution is 5.68. The van der Waals surface area contributed by atoms with Crippen LogP contribution in [0.1, 0.15) is 33.6 Å². The van der Waals surface area contributed by atoms with Crippen LogP contribution in [0.4, 0.5) is 4.79 Å². The van der Waals surface area contributed by atoms with Crippen molar-refractivity contribution in [1.82, 2.24) is 4.90 Å². The Hall–Kier alpha value is -1.54. The number of rotatable bonds is 5. The van der Waals surface area contributed by atoms with Crippen molar-refractivity contribution in [3.63, 3.8) is 0 Å². The number of likely N-dealkylation sites (tertiary alicyclic amines) is 1. The van der Waals surface area contributed by atoms with Crippen LogP contribution in [0.25, 0.3) is 0 Å². The van der Waals surface area contributed by atoms with E-state index in [-0.39, 0.29) is 6.09 Å². The molecule has 1 fully saturated rings. The predicted molar refractivity (Wildman–Crippen MR) is 76.1 cm³/mol. The summed E-state index contributed by atoms with van der Waals surface area (Å²) in [4.78, 5) is 13.6. The molecule has 0 bridgehead atoms. The normalized spacial score (nSPS) is 22.4. The molecule has 1 unspecified atom stereocenters. The molecule has 1 aliphatic heterocycles. The molecule has 0 saturated carbocycles. The highest BCUT2D eigenvalue weighted by atomic mass is 16.6. The SMILES string of the molecule is C=CCOCCC1(C#N)CCN(C(=O)OC(C)(C)C)C1. The summed E-state index contributed by atoms with van der Waals surface area (Å²) < 4.78 is 10.7. The molecular formula is C15H24N2O3. The molecule has 1 heterocycles. The lowest BCUT2D eigenvalue weighted by atomic mass is 9.86. The molecular weight excluding hydrogens is 256 g/mol. The molecule has 0 aromatic rings. The van der Waals surface area contributed by atoms with Gasteiger partial charge in [-0.05, 0) is 33.6 Å². The van der Waals surface area contributed by atoms with E-state index in [0.717, 1.165) is 0 Å². The molecule has 0 aliphatic carbocycles. The van der Waals surface area contributed by atoms with Gasteiger partial charge in [-0.2, -0.15) is 5.26 Å². The standard InChI is InChI=1S/C15H24N2O3/c1-5-9-19-10-7-15(11-16)6-8-17(12-15)13(18)20-14(2,3)4/h5H,1,6-10,12H2,2-4H3. The van der Waals surface area contributed by atoms with E-state index in [1.165, 1.54) is 0 Å². The maximum Gasteiger partial charge on any atom is 0.410 e. The lowest BCUT2D eigenvalue weighted by molar-refractivity contribution is 0.0275. The molecule has 0 aromatic heterocycles. The maximum atomic E-state index is 12.0. The molecule has 20 heavy (non-hydrogen) atoms. The first-order chi connectivity index (χ1) is 9.32. The van der Waals surface area contributed by atoms with Gasteiger partial charge in [-0.3, -0.25) is 0 Å². The molecule has 1 saturated heterocycles. The van der Waals surface area contributed by atoms with Crippen molar-refractivity contribution in [2.45, 2.75) is 39.2 Å². The van der Waals surface area contributed by atoms with Crippen molar-refractivity contribution in [2.75, 3.05) is 26.3 Å². The largest absolute Gasteiger partial charge is 0.444 e. The Morgan fingerprint density at radius 1 is 1.55 bits per heavy atom. The number of nitrogens with zero attached hydrogens (tertiary/aromatic N) is 2. The van der Waals surface area contributed by atoms with E-state index < -0.39 is 11.0 Å². The van der Waals surface area contributed by atoms with Gasteiger partial charge in [-0.15, -0.1) is 6.58 Å². The number of amides is 1. The summed E-state index contributed by atoms with van der Waals surface area (Å²) in [5.74, 6) is 0. The van der Waals surface area contributed by atoms with Crippen molar-refractivity contribution < 1.29 is 14.3 Å². The molecule has 5 nitrogen and oxygen atoms in total. The Balaban J connectivity index is 2.52. The average molecular weight is 280 g/mol. The zero-order valence-electron chi connectivity index (χ0n) is 12.6. The van der Waals surface area contributed by atoms with Crippen LogP contribution in [0, 0.1) is 16.7 Å². The Kier molecular flexibility index (Phi) is 5.58. The van der Waals surface area contributed by atoms with Crippen LogP contribution in [0.3, 0.4) is 0 Å². The zero-order valence-corrected chi connectivity index (χ0v) is 12.6. The highest BCUT2D eigenvalue weighted by Crippen LogP contribution is 2.34. The van der Waals surface area contributed by atoms with Crippen LogP contribution in [-0.2, 0) is 9.47 Å². The zero-order chi connectivity index (χ0) is 15.2. The number of hydrogen-bond acceptors (Lipinski definition) is 4. The number of carbonyl (C=O) groups is 1. The van der Waals surface area contributed by atoms with Crippen molar-refractivity contribution in [3.8, 4) is 6.07 Å². The van der Waals surface area contributed by atoms with Crippen LogP contribution in [0.2, 0.25) is 0 Å². The summed E-state index contributed by atoms with van der Waals surface area (Å²) in [6.07, 6.45) is 2.62. The Labute approximate surface area is 121 Å². The third kappa shape index (κ3) is 4.86. The first-order valence-corrected chi connectivity index (χ1v) is 6.90. The minimum Gasteiger partial charge on any atom is -0.444 e. The first-order valence-electron chi connectivity index (χ1n) is 6.90. The van der Waals surface area contributed by atoms with E-state index >= 15 is 0 Å². The smallest absolute Gasteiger partial charge is 0.410 e. The predicted octanol–water partition coefficient (Wildman–Crippen LogP) is 2.73. The minimum atomic E-state index is -0.516. The van der Waals surface area contributed by atoms with E-state index in [2.05, 4.69) is 12.6 Å². The van der Waals surface area contributed by atoms with Gasteiger partial charge in [0.1, 0.15) is 5.60 Å². The van der Waals surface area contributed by atoms with Gasteiger partial charge in [0, 0.05) is 19.7 Å². The second kappa shape index (κ2) is 6.76. The second-order valence-corrected chi connectivity index (χ2v) is 6.16. The highest BCUT2D eigenvalue weighted by Gasteiger charge is 2.41. The summed E-state index contributed by atoms with van der Waals surface area (Å²) in [6, 6.07) is 2.35. The van der Waals surface area contributed by atoms with Gasteiger partial charge in [-0.1, -0.05) is 6.08 Å². The fraction of sp³-hybridized carbons (Fsp3) is 0.733. The van der Waals surface area contributed by atoms with Gasteiger partial charge in [-0.25, -0.2) is 4.79 Å². The third-order valence-electron chi connectivity index (χ3n) is 3.20. The molecule has 112 valence electrons. The van der Waals surface area contributed by atoms with Gasteiger partial charge in [0.15, 0.2) is 0 Å². The molecule has 1 amide bonds. The Morgan fingerprint density at radius 3 is 2.80 bits per heavy atom. The molecule has 0 N–H and O–H groups in total. The van der Waals surface area contributed by atoms with Gasteiger partial charge in [0.2, 0.25) is 0 Å². The lowest BCUT2D eigenvalue weighted by Gasteiger charge is -2.25. The van der Waals surface area contributed by atoms with Gasteiger partial charge in [0.25, 0.3) is 0 Å². The van der Waals surface area contributed by atoms with Gasteiger partial charge < -0.3 is 14.4 Å². The van der Waals surface area contributed by atoms with Crippen molar-refractivity contribution >= 4 is 6.09 Å². The van der Waals surface area contributed by atoms with Crippen LogP contribution in [-0.4, -0.2) is 42.9 Å². The van der Waals surface area contributed by atoms with Crippen LogP contribution >= 0.6 is 0 Å². The summed E-state index contributed by atoms with van der Waals surface area (Å²) >= 11 is 0. The molecule has 1 aliphatic rings. The van der Waals surface area contributed by atoms with Crippen LogP contribution in [0.15, 0.2) is 12.7 Å². The molecule has 0 spiro atoms. The van der Waals surface area contributed by atoms with Crippen molar-refractivity contribution in [2.24, 2.45) is 5.41 Å².